The van der Waals surface area contributed by atoms with E-state index < -0.39 is 0 Å². The summed E-state index contributed by atoms with van der Waals surface area (Å²) in [6, 6.07) is 0. The molecule has 1 aliphatic rings. The second-order valence-electron chi connectivity index (χ2n) is 1.80. The first-order chi connectivity index (χ1) is 3.93. The summed E-state index contributed by atoms with van der Waals surface area (Å²) in [5, 5.41) is 2.13. The van der Waals surface area contributed by atoms with Crippen molar-refractivity contribution in [3.8, 4) is 0 Å². The van der Waals surface area contributed by atoms with E-state index in [9.17, 15) is 0 Å². The van der Waals surface area contributed by atoms with Crippen molar-refractivity contribution < 1.29 is 4.74 Å². The molecule has 0 N–H and O–H groups in total. The van der Waals surface area contributed by atoms with Crippen molar-refractivity contribution in [1.29, 1.82) is 0 Å². The van der Waals surface area contributed by atoms with Crippen molar-refractivity contribution in [2.45, 2.75) is 12.5 Å². The molecule has 1 aliphatic heterocycles. The molecule has 0 aromatic heterocycles. The summed E-state index contributed by atoms with van der Waals surface area (Å²) in [4.78, 5) is 0. The molecular formula is C6H10OS. The predicted molar refractivity (Wildman–Crippen MR) is 37.0 cm³/mol. The van der Waals surface area contributed by atoms with Gasteiger partial charge in [-0.25, -0.2) is 0 Å². The molecule has 1 rings (SSSR count). The molecule has 0 spiro atoms. The van der Waals surface area contributed by atoms with Gasteiger partial charge >= 0.3 is 0 Å². The van der Waals surface area contributed by atoms with Crippen LogP contribution < -0.4 is 0 Å². The van der Waals surface area contributed by atoms with Gasteiger partial charge in [-0.2, -0.15) is 0 Å². The third kappa shape index (κ3) is 1.53. The molecule has 0 amide bonds. The average molecular weight is 130 g/mol. The van der Waals surface area contributed by atoms with Crippen LogP contribution in [-0.4, -0.2) is 19.0 Å². The smallest absolute Gasteiger partial charge is 0.0699 e. The minimum atomic E-state index is 0.463. The summed E-state index contributed by atoms with van der Waals surface area (Å²) in [6.45, 7) is 0. The van der Waals surface area contributed by atoms with Crippen LogP contribution in [0.5, 0.6) is 0 Å². The molecule has 0 aromatic carbocycles. The van der Waals surface area contributed by atoms with E-state index in [4.69, 9.17) is 4.74 Å². The highest BCUT2D eigenvalue weighted by Crippen LogP contribution is 2.15. The van der Waals surface area contributed by atoms with Crippen molar-refractivity contribution in [3.05, 3.63) is 11.5 Å². The first-order valence-electron chi connectivity index (χ1n) is 2.73. The van der Waals surface area contributed by atoms with Gasteiger partial charge in [-0.1, -0.05) is 6.08 Å². The summed E-state index contributed by atoms with van der Waals surface area (Å²) in [6.07, 6.45) is 3.70. The molecule has 1 nitrogen and oxygen atoms in total. The van der Waals surface area contributed by atoms with E-state index in [0.29, 0.717) is 6.10 Å². The Morgan fingerprint density at radius 3 is 3.00 bits per heavy atom. The van der Waals surface area contributed by atoms with Crippen molar-refractivity contribution in [3.63, 3.8) is 0 Å². The van der Waals surface area contributed by atoms with Gasteiger partial charge in [0.2, 0.25) is 0 Å². The predicted octanol–water partition coefficient (Wildman–Crippen LogP) is 1.65. The standard InChI is InChI=1S/C6H10OS/c1-7-6-3-2-4-8-5-6/h2,4,6H,3,5H2,1H3. The van der Waals surface area contributed by atoms with E-state index >= 15 is 0 Å². The Bertz CT molecular complexity index is 90.5. The fourth-order valence-electron chi connectivity index (χ4n) is 0.671. The van der Waals surface area contributed by atoms with Gasteiger partial charge in [0.15, 0.2) is 0 Å². The summed E-state index contributed by atoms with van der Waals surface area (Å²) >= 11 is 1.82. The zero-order valence-corrected chi connectivity index (χ0v) is 5.78. The van der Waals surface area contributed by atoms with E-state index in [2.05, 4.69) is 11.5 Å². The normalized spacial score (nSPS) is 28.4. The monoisotopic (exact) mass is 130 g/mol. The Kier molecular flexibility index (Phi) is 2.43. The van der Waals surface area contributed by atoms with Crippen LogP contribution in [0.15, 0.2) is 11.5 Å². The highest BCUT2D eigenvalue weighted by Gasteiger charge is 2.06. The zero-order chi connectivity index (χ0) is 5.82. The third-order valence-corrected chi connectivity index (χ3v) is 2.16. The number of methoxy groups -OCH3 is 1. The lowest BCUT2D eigenvalue weighted by molar-refractivity contribution is 0.124. The minimum absolute atomic E-state index is 0.463. The molecule has 0 bridgehead atoms. The Morgan fingerprint density at radius 1 is 1.75 bits per heavy atom. The molecule has 8 heavy (non-hydrogen) atoms. The lowest BCUT2D eigenvalue weighted by atomic mass is 10.3. The molecule has 1 heterocycles. The fourth-order valence-corrected chi connectivity index (χ4v) is 1.52. The van der Waals surface area contributed by atoms with Crippen LogP contribution >= 0.6 is 11.8 Å². The van der Waals surface area contributed by atoms with Crippen LogP contribution in [0.1, 0.15) is 6.42 Å². The van der Waals surface area contributed by atoms with Crippen molar-refractivity contribution in [2.24, 2.45) is 0 Å². The first-order valence-corrected chi connectivity index (χ1v) is 3.78. The Labute approximate surface area is 54.1 Å². The molecule has 0 saturated carbocycles. The maximum atomic E-state index is 5.12. The van der Waals surface area contributed by atoms with Crippen LogP contribution in [0, 0.1) is 0 Å². The van der Waals surface area contributed by atoms with Crippen LogP contribution in [0.25, 0.3) is 0 Å². The van der Waals surface area contributed by atoms with Gasteiger partial charge in [-0.15, -0.1) is 11.8 Å². The van der Waals surface area contributed by atoms with Gasteiger partial charge in [0.05, 0.1) is 6.10 Å². The molecule has 1 atom stereocenters. The van der Waals surface area contributed by atoms with Gasteiger partial charge in [0.25, 0.3) is 0 Å². The van der Waals surface area contributed by atoms with Crippen LogP contribution in [0.3, 0.4) is 0 Å². The van der Waals surface area contributed by atoms with Gasteiger partial charge in [-0.05, 0) is 11.8 Å². The third-order valence-electron chi connectivity index (χ3n) is 1.21. The summed E-state index contributed by atoms with van der Waals surface area (Å²) in [7, 11) is 1.77. The molecule has 0 fully saturated rings. The zero-order valence-electron chi connectivity index (χ0n) is 4.96. The molecule has 2 heteroatoms. The van der Waals surface area contributed by atoms with Crippen LogP contribution in [0.4, 0.5) is 0 Å². The SMILES string of the molecule is COC1CC=CSC1. The number of hydrogen-bond acceptors (Lipinski definition) is 2. The fraction of sp³-hybridized carbons (Fsp3) is 0.667. The molecular weight excluding hydrogens is 120 g/mol. The van der Waals surface area contributed by atoms with Crippen LogP contribution in [0.2, 0.25) is 0 Å². The van der Waals surface area contributed by atoms with Crippen molar-refractivity contribution in [1.82, 2.24) is 0 Å². The van der Waals surface area contributed by atoms with E-state index in [1.54, 1.807) is 7.11 Å². The maximum absolute atomic E-state index is 5.12. The topological polar surface area (TPSA) is 9.23 Å². The molecule has 0 radical (unpaired) electrons. The van der Waals surface area contributed by atoms with Crippen molar-refractivity contribution >= 4 is 11.8 Å². The highest BCUT2D eigenvalue weighted by atomic mass is 32.2. The lowest BCUT2D eigenvalue weighted by Crippen LogP contribution is -2.13. The van der Waals surface area contributed by atoms with Gasteiger partial charge in [0, 0.05) is 12.9 Å². The number of rotatable bonds is 1. The number of thioether (sulfide) groups is 1. The average Bonchev–Trinajstić information content (AvgIpc) is 1.90. The molecule has 46 valence electrons. The van der Waals surface area contributed by atoms with Crippen molar-refractivity contribution in [2.75, 3.05) is 12.9 Å². The maximum Gasteiger partial charge on any atom is 0.0699 e. The molecule has 1 unspecified atom stereocenters. The van der Waals surface area contributed by atoms with E-state index in [0.717, 1.165) is 12.2 Å². The second-order valence-corrected chi connectivity index (χ2v) is 2.74. The van der Waals surface area contributed by atoms with Gasteiger partial charge in [-0.3, -0.25) is 0 Å². The lowest BCUT2D eigenvalue weighted by Gasteiger charge is -2.14. The minimum Gasteiger partial charge on any atom is -0.380 e. The van der Waals surface area contributed by atoms with Gasteiger partial charge < -0.3 is 4.74 Å². The molecule has 0 saturated heterocycles. The molecule has 0 aliphatic carbocycles. The van der Waals surface area contributed by atoms with E-state index in [1.165, 1.54) is 0 Å². The summed E-state index contributed by atoms with van der Waals surface area (Å²) in [5.41, 5.74) is 0. The quantitative estimate of drug-likeness (QED) is 0.533. The number of ether oxygens (including phenoxy) is 1. The van der Waals surface area contributed by atoms with E-state index in [-0.39, 0.29) is 0 Å². The number of hydrogen-bond donors (Lipinski definition) is 0. The Balaban J connectivity index is 2.27. The summed E-state index contributed by atoms with van der Waals surface area (Å²) < 4.78 is 5.12. The highest BCUT2D eigenvalue weighted by molar-refractivity contribution is 8.02. The first kappa shape index (κ1) is 6.17. The second kappa shape index (κ2) is 3.15. The largest absolute Gasteiger partial charge is 0.380 e. The molecule has 0 aromatic rings. The summed E-state index contributed by atoms with van der Waals surface area (Å²) in [5.74, 6) is 1.12. The van der Waals surface area contributed by atoms with E-state index in [1.807, 2.05) is 11.8 Å². The van der Waals surface area contributed by atoms with Crippen LogP contribution in [-0.2, 0) is 4.74 Å². The van der Waals surface area contributed by atoms with Gasteiger partial charge in [0.1, 0.15) is 0 Å². The Morgan fingerprint density at radius 2 is 2.62 bits per heavy atom. The Hall–Kier alpha value is 0.0500.